The zero-order valence-electron chi connectivity index (χ0n) is 25.0. The molecule has 11 rings (SSSR count). The number of hydrogen-bond acceptors (Lipinski definition) is 0. The fourth-order valence-electron chi connectivity index (χ4n) is 12.8. The van der Waals surface area contributed by atoms with E-state index in [1.807, 2.05) is 5.31 Å². The van der Waals surface area contributed by atoms with Crippen LogP contribution in [0.25, 0.3) is 0 Å². The summed E-state index contributed by atoms with van der Waals surface area (Å²) >= 11 is 0. The zero-order valence-corrected chi connectivity index (χ0v) is 26.8. The lowest BCUT2D eigenvalue weighted by molar-refractivity contribution is 0.0190. The first-order valence-corrected chi connectivity index (χ1v) is 19.9. The molecule has 2 aromatic carbocycles. The number of benzene rings is 2. The summed E-state index contributed by atoms with van der Waals surface area (Å²) in [5, 5.41) is 6.43. The first-order chi connectivity index (χ1) is 20.1. The Labute approximate surface area is 251 Å². The molecule has 2 heteroatoms. The molecule has 0 nitrogen and oxygen atoms in total. The molecular weight excluding hydrogens is 530 g/mol. The number of rotatable bonds is 7. The van der Waals surface area contributed by atoms with Crippen molar-refractivity contribution in [1.82, 2.24) is 0 Å². The fourth-order valence-corrected chi connectivity index (χ4v) is 21.3. The highest BCUT2D eigenvalue weighted by Gasteiger charge is 2.64. The topological polar surface area (TPSA) is 0 Å². The van der Waals surface area contributed by atoms with Crippen molar-refractivity contribution in [2.24, 2.45) is 41.4 Å². The molecule has 0 N–H and O–H groups in total. The van der Waals surface area contributed by atoms with Crippen molar-refractivity contribution in [3.63, 3.8) is 0 Å². The number of allylic oxidation sites excluding steroid dienone is 4. The Bertz CT molecular complexity index is 1180. The Balaban J connectivity index is 1.15. The van der Waals surface area contributed by atoms with Gasteiger partial charge in [0.25, 0.3) is 0 Å². The molecule has 9 aliphatic carbocycles. The first-order valence-electron chi connectivity index (χ1n) is 17.2. The lowest BCUT2D eigenvalue weighted by Gasteiger charge is -2.68. The summed E-state index contributed by atoms with van der Waals surface area (Å²) in [5.74, 6) is 6.93. The Morgan fingerprint density at radius 3 is 1.37 bits per heavy atom. The summed E-state index contributed by atoms with van der Waals surface area (Å²) in [6, 6.07) is 23.2. The summed E-state index contributed by atoms with van der Waals surface area (Å²) in [4.78, 5) is 0. The molecule has 0 aromatic heterocycles. The van der Waals surface area contributed by atoms with E-state index in [1.165, 1.54) is 0 Å². The molecule has 214 valence electrons. The third kappa shape index (κ3) is 4.27. The maximum absolute atomic E-state index is 2.74. The average molecular weight is 579 g/mol. The van der Waals surface area contributed by atoms with E-state index in [0.29, 0.717) is 21.9 Å². The van der Waals surface area contributed by atoms with E-state index in [-0.39, 0.29) is 7.92 Å². The minimum absolute atomic E-state index is 0.135. The van der Waals surface area contributed by atoms with Gasteiger partial charge in [-0.1, -0.05) is 93.7 Å². The fraction of sp³-hybridized carbons (Fsp3) is 0.590. The molecule has 0 saturated heterocycles. The monoisotopic (exact) mass is 578 g/mol. The van der Waals surface area contributed by atoms with Crippen LogP contribution in [-0.4, -0.2) is 16.0 Å². The van der Waals surface area contributed by atoms with Gasteiger partial charge >= 0.3 is 0 Å². The lowest BCUT2D eigenvalue weighted by atomic mass is 9.55. The highest BCUT2D eigenvalue weighted by Crippen LogP contribution is 2.82. The van der Waals surface area contributed by atoms with Gasteiger partial charge in [0.1, 0.15) is 0 Å². The van der Waals surface area contributed by atoms with Crippen LogP contribution in [0.5, 0.6) is 0 Å². The normalized spacial score (nSPS) is 43.1. The van der Waals surface area contributed by atoms with Gasteiger partial charge in [0, 0.05) is 5.92 Å². The molecule has 0 aliphatic heterocycles. The molecule has 0 heterocycles. The van der Waals surface area contributed by atoms with E-state index < -0.39 is 7.92 Å². The van der Waals surface area contributed by atoms with Crippen LogP contribution in [0.2, 0.25) is 0 Å². The summed E-state index contributed by atoms with van der Waals surface area (Å²) in [5.41, 5.74) is 0.632. The predicted molar refractivity (Wildman–Crippen MR) is 178 cm³/mol. The molecule has 1 unspecified atom stereocenters. The van der Waals surface area contributed by atoms with Crippen LogP contribution >= 0.6 is 15.8 Å². The molecule has 8 saturated carbocycles. The van der Waals surface area contributed by atoms with Gasteiger partial charge < -0.3 is 0 Å². The molecule has 8 fully saturated rings. The second kappa shape index (κ2) is 9.90. The molecule has 0 spiro atoms. The summed E-state index contributed by atoms with van der Waals surface area (Å²) in [6.07, 6.45) is 27.0. The summed E-state index contributed by atoms with van der Waals surface area (Å²) < 4.78 is 0. The molecule has 0 amide bonds. The molecule has 2 atom stereocenters. The Morgan fingerprint density at radius 2 is 0.976 bits per heavy atom. The van der Waals surface area contributed by atoms with Crippen LogP contribution in [0.1, 0.15) is 84.0 Å². The van der Waals surface area contributed by atoms with Crippen molar-refractivity contribution < 1.29 is 0 Å². The van der Waals surface area contributed by atoms with Gasteiger partial charge in [-0.05, 0) is 152 Å². The SMILES string of the molecule is C[C@H](C1C=CC=C1P(C12CC3CC(CC(C3)C1)C2)C12CC3CC(CC(C3)C1)C2)P(c1ccccc1)c1ccccc1. The largest absolute Gasteiger partial charge is 0.0763 e. The van der Waals surface area contributed by atoms with Gasteiger partial charge in [-0.2, -0.15) is 0 Å². The smallest absolute Gasteiger partial charge is 0.00968 e. The van der Waals surface area contributed by atoms with Gasteiger partial charge in [-0.25, -0.2) is 0 Å². The van der Waals surface area contributed by atoms with Crippen LogP contribution in [0.3, 0.4) is 0 Å². The van der Waals surface area contributed by atoms with E-state index in [9.17, 15) is 0 Å². The van der Waals surface area contributed by atoms with Crippen molar-refractivity contribution in [3.8, 4) is 0 Å². The van der Waals surface area contributed by atoms with Gasteiger partial charge in [0.2, 0.25) is 0 Å². The van der Waals surface area contributed by atoms with Crippen molar-refractivity contribution in [3.05, 3.63) is 84.2 Å². The third-order valence-electron chi connectivity index (χ3n) is 13.1. The molecule has 8 bridgehead atoms. The molecule has 9 aliphatic rings. The second-order valence-corrected chi connectivity index (χ2v) is 21.6. The van der Waals surface area contributed by atoms with E-state index >= 15 is 0 Å². The van der Waals surface area contributed by atoms with Crippen LogP contribution < -0.4 is 10.6 Å². The summed E-state index contributed by atoms with van der Waals surface area (Å²) in [6.45, 7) is 2.65. The average Bonchev–Trinajstić information content (AvgIpc) is 3.41. The maximum Gasteiger partial charge on any atom is 0.00968 e. The van der Waals surface area contributed by atoms with Crippen LogP contribution in [-0.2, 0) is 0 Å². The first kappa shape index (κ1) is 26.2. The zero-order chi connectivity index (χ0) is 27.2. The Kier molecular flexibility index (Phi) is 6.33. The van der Waals surface area contributed by atoms with Crippen molar-refractivity contribution in [2.45, 2.75) is 99.9 Å². The molecule has 0 radical (unpaired) electrons. The highest BCUT2D eigenvalue weighted by atomic mass is 31.1. The Morgan fingerprint density at radius 1 is 0.585 bits per heavy atom. The maximum atomic E-state index is 2.74. The quantitative estimate of drug-likeness (QED) is 0.287. The molecule has 2 aromatic rings. The lowest BCUT2D eigenvalue weighted by Crippen LogP contribution is -2.57. The van der Waals surface area contributed by atoms with E-state index in [1.54, 1.807) is 87.7 Å². The van der Waals surface area contributed by atoms with Crippen LogP contribution in [0.15, 0.2) is 84.2 Å². The third-order valence-corrected chi connectivity index (χ3v) is 19.9. The highest BCUT2D eigenvalue weighted by molar-refractivity contribution is 7.73. The minimum atomic E-state index is -0.423. The summed E-state index contributed by atoms with van der Waals surface area (Å²) in [7, 11) is -0.558. The van der Waals surface area contributed by atoms with Gasteiger partial charge in [0.05, 0.1) is 0 Å². The molecular formula is C39H48P2. The molecule has 41 heavy (non-hydrogen) atoms. The van der Waals surface area contributed by atoms with Crippen molar-refractivity contribution in [2.75, 3.05) is 0 Å². The van der Waals surface area contributed by atoms with Gasteiger partial charge in [-0.3, -0.25) is 0 Å². The van der Waals surface area contributed by atoms with Gasteiger partial charge in [0.15, 0.2) is 0 Å². The van der Waals surface area contributed by atoms with Crippen molar-refractivity contribution >= 4 is 26.5 Å². The number of hydrogen-bond donors (Lipinski definition) is 0. The standard InChI is InChI=1S/C39H48P2/c1-27(40(34-9-4-2-5-10-34)35-11-6-3-7-12-35)36-13-8-14-37(36)41(38-21-28-15-29(22-38)17-30(16-28)23-38)39-24-31-18-32(25-39)20-33(19-31)26-39/h2-14,27-33,36H,15-26H2,1H3/t27-,28?,29?,30?,31?,32?,33?,36?,38?,39?,41?/m1/s1. The van der Waals surface area contributed by atoms with E-state index in [0.717, 1.165) is 35.5 Å². The Hall–Kier alpha value is -1.22. The second-order valence-electron chi connectivity index (χ2n) is 15.9. The minimum Gasteiger partial charge on any atom is -0.0763 e. The van der Waals surface area contributed by atoms with Crippen LogP contribution in [0.4, 0.5) is 0 Å². The predicted octanol–water partition coefficient (Wildman–Crippen LogP) is 10.00. The van der Waals surface area contributed by atoms with E-state index in [4.69, 9.17) is 0 Å². The van der Waals surface area contributed by atoms with E-state index in [2.05, 4.69) is 85.8 Å². The van der Waals surface area contributed by atoms with Gasteiger partial charge in [-0.15, -0.1) is 0 Å². The van der Waals surface area contributed by atoms with Crippen LogP contribution in [0, 0.1) is 41.4 Å². The van der Waals surface area contributed by atoms with Crippen molar-refractivity contribution in [1.29, 1.82) is 0 Å².